The Labute approximate surface area is 114 Å². The monoisotopic (exact) mass is 273 g/mol. The van der Waals surface area contributed by atoms with Crippen LogP contribution in [0.1, 0.15) is 5.56 Å². The van der Waals surface area contributed by atoms with Gasteiger partial charge in [0.15, 0.2) is 0 Å². The van der Waals surface area contributed by atoms with Crippen LogP contribution in [0.2, 0.25) is 0 Å². The molecule has 3 rings (SSSR count). The highest BCUT2D eigenvalue weighted by Gasteiger charge is 2.08. The Kier molecular flexibility index (Phi) is 3.27. The number of hydrogen-bond acceptors (Lipinski definition) is 2. The molecule has 0 aliphatic carbocycles. The van der Waals surface area contributed by atoms with Gasteiger partial charge >= 0.3 is 0 Å². The smallest absolute Gasteiger partial charge is 0.123 e. The van der Waals surface area contributed by atoms with Crippen molar-refractivity contribution in [2.24, 2.45) is 0 Å². The second kappa shape index (κ2) is 5.07. The maximum Gasteiger partial charge on any atom is 0.123 e. The lowest BCUT2D eigenvalue weighted by atomic mass is 10.2. The van der Waals surface area contributed by atoms with Gasteiger partial charge in [-0.3, -0.25) is 0 Å². The molecule has 0 saturated heterocycles. The quantitative estimate of drug-likeness (QED) is 0.758. The second-order valence-corrected chi connectivity index (χ2v) is 5.29. The largest absolute Gasteiger partial charge is 0.392 e. The van der Waals surface area contributed by atoms with Crippen molar-refractivity contribution in [3.8, 4) is 0 Å². The number of halogens is 1. The summed E-state index contributed by atoms with van der Waals surface area (Å²) in [5.41, 5.74) is 1.78. The first-order valence-electron chi connectivity index (χ1n) is 5.91. The van der Waals surface area contributed by atoms with Crippen LogP contribution >= 0.6 is 11.8 Å². The van der Waals surface area contributed by atoms with E-state index in [-0.39, 0.29) is 12.4 Å². The number of hydrogen-bond donors (Lipinski definition) is 2. The van der Waals surface area contributed by atoms with E-state index in [1.807, 2.05) is 30.5 Å². The van der Waals surface area contributed by atoms with E-state index in [1.165, 1.54) is 23.9 Å². The van der Waals surface area contributed by atoms with Crippen LogP contribution in [0.15, 0.2) is 58.5 Å². The molecule has 0 unspecified atom stereocenters. The van der Waals surface area contributed by atoms with Crippen LogP contribution in [0.25, 0.3) is 10.9 Å². The van der Waals surface area contributed by atoms with Crippen molar-refractivity contribution in [1.29, 1.82) is 0 Å². The lowest BCUT2D eigenvalue weighted by molar-refractivity contribution is 0.279. The van der Waals surface area contributed by atoms with E-state index in [0.29, 0.717) is 0 Å². The minimum absolute atomic E-state index is 0.000109. The fraction of sp³-hybridized carbons (Fsp3) is 0.0667. The molecule has 0 saturated carbocycles. The molecule has 0 atom stereocenters. The van der Waals surface area contributed by atoms with Crippen molar-refractivity contribution >= 4 is 22.7 Å². The van der Waals surface area contributed by atoms with E-state index in [4.69, 9.17) is 0 Å². The van der Waals surface area contributed by atoms with Crippen molar-refractivity contribution < 1.29 is 9.50 Å². The molecule has 2 aromatic carbocycles. The molecule has 0 spiro atoms. The predicted octanol–water partition coefficient (Wildman–Crippen LogP) is 3.95. The Morgan fingerprint density at radius 3 is 2.79 bits per heavy atom. The van der Waals surface area contributed by atoms with Gasteiger partial charge in [-0.15, -0.1) is 0 Å². The van der Waals surface area contributed by atoms with Gasteiger partial charge in [-0.2, -0.15) is 0 Å². The summed E-state index contributed by atoms with van der Waals surface area (Å²) in [4.78, 5) is 5.06. The predicted molar refractivity (Wildman–Crippen MR) is 74.7 cm³/mol. The van der Waals surface area contributed by atoms with Gasteiger partial charge in [0.05, 0.1) is 6.61 Å². The van der Waals surface area contributed by atoms with E-state index < -0.39 is 0 Å². The van der Waals surface area contributed by atoms with Gasteiger partial charge < -0.3 is 10.1 Å². The zero-order chi connectivity index (χ0) is 13.2. The normalized spacial score (nSPS) is 11.1. The summed E-state index contributed by atoms with van der Waals surface area (Å²) in [5.74, 6) is -0.246. The van der Waals surface area contributed by atoms with Crippen molar-refractivity contribution in [3.63, 3.8) is 0 Å². The summed E-state index contributed by atoms with van der Waals surface area (Å²) >= 11 is 1.53. The highest BCUT2D eigenvalue weighted by molar-refractivity contribution is 7.99. The first kappa shape index (κ1) is 12.3. The zero-order valence-corrected chi connectivity index (χ0v) is 10.9. The van der Waals surface area contributed by atoms with Gasteiger partial charge in [-0.1, -0.05) is 30.0 Å². The van der Waals surface area contributed by atoms with Gasteiger partial charge in [-0.25, -0.2) is 4.39 Å². The van der Waals surface area contributed by atoms with Gasteiger partial charge in [0, 0.05) is 26.9 Å². The van der Waals surface area contributed by atoms with Gasteiger partial charge in [0.2, 0.25) is 0 Å². The summed E-state index contributed by atoms with van der Waals surface area (Å²) in [5, 5.41) is 10.2. The third-order valence-electron chi connectivity index (χ3n) is 2.97. The van der Waals surface area contributed by atoms with E-state index in [9.17, 15) is 9.50 Å². The van der Waals surface area contributed by atoms with Crippen LogP contribution in [-0.2, 0) is 6.61 Å². The maximum atomic E-state index is 13.3. The molecule has 19 heavy (non-hydrogen) atoms. The van der Waals surface area contributed by atoms with Crippen LogP contribution in [0.4, 0.5) is 4.39 Å². The third-order valence-corrected chi connectivity index (χ3v) is 4.14. The number of fused-ring (bicyclic) bond motifs is 1. The molecule has 1 aromatic heterocycles. The van der Waals surface area contributed by atoms with Crippen LogP contribution in [0.5, 0.6) is 0 Å². The number of aliphatic hydroxyl groups excluding tert-OH is 1. The number of benzene rings is 2. The van der Waals surface area contributed by atoms with Crippen LogP contribution < -0.4 is 0 Å². The Morgan fingerprint density at radius 2 is 1.95 bits per heavy atom. The number of aromatic nitrogens is 1. The molecule has 96 valence electrons. The number of H-pyrrole nitrogens is 1. The summed E-state index contributed by atoms with van der Waals surface area (Å²) in [6.07, 6.45) is 1.86. The van der Waals surface area contributed by atoms with Crippen molar-refractivity contribution in [2.45, 2.75) is 16.4 Å². The minimum Gasteiger partial charge on any atom is -0.392 e. The molecule has 3 aromatic rings. The van der Waals surface area contributed by atoms with Gasteiger partial charge in [-0.05, 0) is 29.8 Å². The van der Waals surface area contributed by atoms with E-state index >= 15 is 0 Å². The topological polar surface area (TPSA) is 36.0 Å². The summed E-state index contributed by atoms with van der Waals surface area (Å²) < 4.78 is 13.3. The molecule has 2 N–H and O–H groups in total. The van der Waals surface area contributed by atoms with Crippen molar-refractivity contribution in [1.82, 2.24) is 4.98 Å². The minimum atomic E-state index is -0.246. The number of aliphatic hydroxyl groups is 1. The molecule has 2 nitrogen and oxygen atoms in total. The Hall–Kier alpha value is -1.78. The average Bonchev–Trinajstić information content (AvgIpc) is 2.82. The van der Waals surface area contributed by atoms with Crippen LogP contribution in [-0.4, -0.2) is 10.1 Å². The third kappa shape index (κ3) is 2.37. The van der Waals surface area contributed by atoms with Crippen molar-refractivity contribution in [3.05, 3.63) is 60.0 Å². The molecule has 4 heteroatoms. The molecule has 0 aliphatic rings. The molecule has 1 heterocycles. The Bertz CT molecular complexity index is 723. The summed E-state index contributed by atoms with van der Waals surface area (Å²) in [6, 6.07) is 12.4. The lowest BCUT2D eigenvalue weighted by Crippen LogP contribution is -1.86. The second-order valence-electron chi connectivity index (χ2n) is 4.21. The molecule has 0 bridgehead atoms. The average molecular weight is 273 g/mol. The van der Waals surface area contributed by atoms with E-state index in [2.05, 4.69) is 4.98 Å². The molecular weight excluding hydrogens is 261 g/mol. The highest BCUT2D eigenvalue weighted by atomic mass is 32.2. The fourth-order valence-corrected chi connectivity index (χ4v) is 3.05. The maximum absolute atomic E-state index is 13.3. The Morgan fingerprint density at radius 1 is 1.11 bits per heavy atom. The number of aromatic amines is 1. The van der Waals surface area contributed by atoms with Crippen molar-refractivity contribution in [2.75, 3.05) is 0 Å². The van der Waals surface area contributed by atoms with E-state index in [1.54, 1.807) is 6.07 Å². The first-order valence-corrected chi connectivity index (χ1v) is 6.73. The number of nitrogens with one attached hydrogen (secondary N) is 1. The highest BCUT2D eigenvalue weighted by Crippen LogP contribution is 2.35. The summed E-state index contributed by atoms with van der Waals surface area (Å²) in [6.45, 7) is -0.000109. The zero-order valence-electron chi connectivity index (χ0n) is 10.1. The standard InChI is InChI=1S/C15H12FNOS/c16-11-5-6-13-12(7-11)15(8-17-13)19-14-4-2-1-3-10(14)9-18/h1-8,17-18H,9H2. The van der Waals surface area contributed by atoms with Crippen LogP contribution in [0, 0.1) is 5.82 Å². The van der Waals surface area contributed by atoms with Crippen LogP contribution in [0.3, 0.4) is 0 Å². The molecule has 0 aliphatic heterocycles. The molecule has 0 fully saturated rings. The van der Waals surface area contributed by atoms with E-state index in [0.717, 1.165) is 26.3 Å². The summed E-state index contributed by atoms with van der Waals surface area (Å²) in [7, 11) is 0. The number of rotatable bonds is 3. The fourth-order valence-electron chi connectivity index (χ4n) is 2.00. The Balaban J connectivity index is 2.03. The van der Waals surface area contributed by atoms with Gasteiger partial charge in [0.25, 0.3) is 0 Å². The SMILES string of the molecule is OCc1ccccc1Sc1c[nH]c2ccc(F)cc12. The molecule has 0 amide bonds. The molecule has 0 radical (unpaired) electrons. The lowest BCUT2D eigenvalue weighted by Gasteiger charge is -2.05. The molecular formula is C15H12FNOS. The van der Waals surface area contributed by atoms with Gasteiger partial charge in [0.1, 0.15) is 5.82 Å². The first-order chi connectivity index (χ1) is 9.28.